The molecule has 0 saturated carbocycles. The van der Waals surface area contributed by atoms with E-state index >= 15 is 0 Å². The van der Waals surface area contributed by atoms with Crippen molar-refractivity contribution in [1.82, 2.24) is 0 Å². The van der Waals surface area contributed by atoms with E-state index in [2.05, 4.69) is 26.0 Å². The lowest BCUT2D eigenvalue weighted by Gasteiger charge is -2.19. The molecule has 1 heteroatoms. The number of hydrogen-bond donors (Lipinski definition) is 1. The van der Waals surface area contributed by atoms with E-state index in [0.717, 1.165) is 12.0 Å². The number of aliphatic hydroxyl groups is 1. The highest BCUT2D eigenvalue weighted by atomic mass is 16.3. The molecule has 0 saturated heterocycles. The van der Waals surface area contributed by atoms with Crippen LogP contribution in [0.1, 0.15) is 37.0 Å². The van der Waals surface area contributed by atoms with Crippen LogP contribution in [-0.4, -0.2) is 5.11 Å². The van der Waals surface area contributed by atoms with Crippen molar-refractivity contribution < 1.29 is 5.11 Å². The highest BCUT2D eigenvalue weighted by Crippen LogP contribution is 2.39. The minimum Gasteiger partial charge on any atom is -0.392 e. The molecule has 0 radical (unpaired) electrons. The molecule has 13 heavy (non-hydrogen) atoms. The second kappa shape index (κ2) is 2.85. The van der Waals surface area contributed by atoms with E-state index in [1.54, 1.807) is 0 Å². The van der Waals surface area contributed by atoms with Gasteiger partial charge < -0.3 is 5.11 Å². The Bertz CT molecular complexity index is 326. The number of fused-ring (bicyclic) bond motifs is 1. The summed E-state index contributed by atoms with van der Waals surface area (Å²) in [6.07, 6.45) is 2.33. The minimum absolute atomic E-state index is 0.180. The Morgan fingerprint density at radius 2 is 2.15 bits per heavy atom. The summed E-state index contributed by atoms with van der Waals surface area (Å²) >= 11 is 0. The average molecular weight is 176 g/mol. The SMILES string of the molecule is CC1(C)CCc2c(CO)cccc21. The number of aliphatic hydroxyl groups excluding tert-OH is 1. The third kappa shape index (κ3) is 1.28. The first kappa shape index (κ1) is 8.76. The van der Waals surface area contributed by atoms with Crippen LogP contribution in [0.2, 0.25) is 0 Å². The van der Waals surface area contributed by atoms with Gasteiger partial charge in [0, 0.05) is 0 Å². The molecule has 0 unspecified atom stereocenters. The first-order valence-corrected chi connectivity index (χ1v) is 4.87. The van der Waals surface area contributed by atoms with Gasteiger partial charge in [-0.15, -0.1) is 0 Å². The van der Waals surface area contributed by atoms with Gasteiger partial charge in [-0.2, -0.15) is 0 Å². The summed E-state index contributed by atoms with van der Waals surface area (Å²) in [6.45, 7) is 4.74. The molecule has 1 aliphatic carbocycles. The highest BCUT2D eigenvalue weighted by molar-refractivity contribution is 5.43. The fourth-order valence-corrected chi connectivity index (χ4v) is 2.28. The van der Waals surface area contributed by atoms with Gasteiger partial charge in [-0.3, -0.25) is 0 Å². The van der Waals surface area contributed by atoms with Gasteiger partial charge in [0.15, 0.2) is 0 Å². The minimum atomic E-state index is 0.180. The van der Waals surface area contributed by atoms with Crippen LogP contribution in [0.25, 0.3) is 0 Å². The molecule has 1 N–H and O–H groups in total. The molecule has 0 amide bonds. The molecule has 0 bridgehead atoms. The first-order chi connectivity index (χ1) is 6.15. The smallest absolute Gasteiger partial charge is 0.0684 e. The summed E-state index contributed by atoms with van der Waals surface area (Å²) in [4.78, 5) is 0. The van der Waals surface area contributed by atoms with Gasteiger partial charge in [0.25, 0.3) is 0 Å². The molecule has 0 aromatic heterocycles. The summed E-state index contributed by atoms with van der Waals surface area (Å²) in [5.41, 5.74) is 4.23. The third-order valence-corrected chi connectivity index (χ3v) is 3.17. The summed E-state index contributed by atoms with van der Waals surface area (Å²) in [6, 6.07) is 6.28. The van der Waals surface area contributed by atoms with Gasteiger partial charge >= 0.3 is 0 Å². The monoisotopic (exact) mass is 176 g/mol. The van der Waals surface area contributed by atoms with Crippen molar-refractivity contribution in [3.8, 4) is 0 Å². The van der Waals surface area contributed by atoms with Crippen molar-refractivity contribution in [2.24, 2.45) is 0 Å². The van der Waals surface area contributed by atoms with Crippen molar-refractivity contribution in [1.29, 1.82) is 0 Å². The maximum absolute atomic E-state index is 9.17. The summed E-state index contributed by atoms with van der Waals surface area (Å²) in [5.74, 6) is 0. The Balaban J connectivity index is 2.56. The van der Waals surface area contributed by atoms with Crippen LogP contribution >= 0.6 is 0 Å². The van der Waals surface area contributed by atoms with E-state index in [1.807, 2.05) is 6.07 Å². The van der Waals surface area contributed by atoms with Crippen molar-refractivity contribution in [3.63, 3.8) is 0 Å². The topological polar surface area (TPSA) is 20.2 Å². The summed E-state index contributed by atoms with van der Waals surface area (Å²) in [5, 5.41) is 9.17. The molecule has 0 spiro atoms. The number of benzene rings is 1. The molecular formula is C12H16O. The average Bonchev–Trinajstić information content (AvgIpc) is 2.43. The molecule has 1 aromatic rings. The lowest BCUT2D eigenvalue weighted by Crippen LogP contribution is -2.11. The fourth-order valence-electron chi connectivity index (χ4n) is 2.28. The van der Waals surface area contributed by atoms with E-state index in [-0.39, 0.29) is 6.61 Å². The molecule has 0 atom stereocenters. The Morgan fingerprint density at radius 3 is 2.85 bits per heavy atom. The van der Waals surface area contributed by atoms with Crippen molar-refractivity contribution in [2.45, 2.75) is 38.7 Å². The van der Waals surface area contributed by atoms with Crippen LogP contribution in [0.4, 0.5) is 0 Å². The normalized spacial score (nSPS) is 18.7. The Labute approximate surface area is 79.4 Å². The van der Waals surface area contributed by atoms with E-state index in [4.69, 9.17) is 0 Å². The van der Waals surface area contributed by atoms with Gasteiger partial charge in [0.2, 0.25) is 0 Å². The van der Waals surface area contributed by atoms with E-state index in [0.29, 0.717) is 5.41 Å². The Hall–Kier alpha value is -0.820. The molecule has 1 aromatic carbocycles. The maximum Gasteiger partial charge on any atom is 0.0684 e. The predicted molar refractivity (Wildman–Crippen MR) is 53.7 cm³/mol. The first-order valence-electron chi connectivity index (χ1n) is 4.87. The second-order valence-corrected chi connectivity index (χ2v) is 4.49. The molecule has 1 aliphatic rings. The van der Waals surface area contributed by atoms with Crippen molar-refractivity contribution in [3.05, 3.63) is 34.9 Å². The van der Waals surface area contributed by atoms with Crippen LogP contribution in [0, 0.1) is 0 Å². The molecule has 1 nitrogen and oxygen atoms in total. The zero-order valence-corrected chi connectivity index (χ0v) is 8.30. The van der Waals surface area contributed by atoms with E-state index in [1.165, 1.54) is 17.5 Å². The van der Waals surface area contributed by atoms with Gasteiger partial charge in [0.1, 0.15) is 0 Å². The summed E-state index contributed by atoms with van der Waals surface area (Å²) in [7, 11) is 0. The predicted octanol–water partition coefficient (Wildman–Crippen LogP) is 2.40. The van der Waals surface area contributed by atoms with E-state index < -0.39 is 0 Å². The van der Waals surface area contributed by atoms with Crippen LogP contribution < -0.4 is 0 Å². The largest absolute Gasteiger partial charge is 0.392 e. The standard InChI is InChI=1S/C12H16O/c1-12(2)7-6-10-9(8-13)4-3-5-11(10)12/h3-5,13H,6-8H2,1-2H3. The molecule has 2 rings (SSSR count). The Morgan fingerprint density at radius 1 is 1.38 bits per heavy atom. The van der Waals surface area contributed by atoms with Crippen molar-refractivity contribution in [2.75, 3.05) is 0 Å². The van der Waals surface area contributed by atoms with Gasteiger partial charge in [0.05, 0.1) is 6.61 Å². The fraction of sp³-hybridized carbons (Fsp3) is 0.500. The van der Waals surface area contributed by atoms with Gasteiger partial charge in [-0.05, 0) is 34.9 Å². The van der Waals surface area contributed by atoms with Crippen LogP contribution in [0.5, 0.6) is 0 Å². The lowest BCUT2D eigenvalue weighted by molar-refractivity contribution is 0.280. The molecule has 0 heterocycles. The zero-order chi connectivity index (χ0) is 9.47. The lowest BCUT2D eigenvalue weighted by atomic mass is 9.86. The van der Waals surface area contributed by atoms with Crippen LogP contribution in [0.15, 0.2) is 18.2 Å². The second-order valence-electron chi connectivity index (χ2n) is 4.49. The molecule has 0 aliphatic heterocycles. The van der Waals surface area contributed by atoms with Crippen LogP contribution in [0.3, 0.4) is 0 Å². The quantitative estimate of drug-likeness (QED) is 0.696. The molecular weight excluding hydrogens is 160 g/mol. The van der Waals surface area contributed by atoms with E-state index in [9.17, 15) is 5.11 Å². The number of hydrogen-bond acceptors (Lipinski definition) is 1. The number of rotatable bonds is 1. The maximum atomic E-state index is 9.17. The third-order valence-electron chi connectivity index (χ3n) is 3.17. The highest BCUT2D eigenvalue weighted by Gasteiger charge is 2.30. The van der Waals surface area contributed by atoms with Gasteiger partial charge in [-0.25, -0.2) is 0 Å². The van der Waals surface area contributed by atoms with Gasteiger partial charge in [-0.1, -0.05) is 32.0 Å². The zero-order valence-electron chi connectivity index (χ0n) is 8.30. The molecule has 0 fully saturated rings. The summed E-state index contributed by atoms with van der Waals surface area (Å²) < 4.78 is 0. The van der Waals surface area contributed by atoms with Crippen molar-refractivity contribution >= 4 is 0 Å². The van der Waals surface area contributed by atoms with Crippen LogP contribution in [-0.2, 0) is 18.4 Å². The molecule has 70 valence electrons. The Kier molecular flexibility index (Phi) is 1.92.